The molecule has 4 heteroatoms. The third-order valence-corrected chi connectivity index (χ3v) is 3.69. The fourth-order valence-electron chi connectivity index (χ4n) is 0.916. The summed E-state index contributed by atoms with van der Waals surface area (Å²) >= 11 is 0. The van der Waals surface area contributed by atoms with Crippen LogP contribution < -0.4 is 0 Å². The molecule has 1 aromatic rings. The van der Waals surface area contributed by atoms with E-state index in [0.29, 0.717) is 6.61 Å². The van der Waals surface area contributed by atoms with Gasteiger partial charge in [-0.15, -0.1) is 0 Å². The first kappa shape index (κ1) is 12.5. The van der Waals surface area contributed by atoms with Gasteiger partial charge in [-0.3, -0.25) is 0 Å². The van der Waals surface area contributed by atoms with Crippen molar-refractivity contribution in [2.24, 2.45) is 4.99 Å². The third-order valence-electron chi connectivity index (χ3n) is 1.49. The van der Waals surface area contributed by atoms with Crippen molar-refractivity contribution in [3.8, 4) is 0 Å². The maximum Gasteiger partial charge on any atom is 0.261 e. The Morgan fingerprint density at radius 3 is 2.60 bits per heavy atom. The van der Waals surface area contributed by atoms with Crippen molar-refractivity contribution < 1.29 is 4.74 Å². The Morgan fingerprint density at radius 1 is 1.27 bits per heavy atom. The minimum absolute atomic E-state index is 0.656. The molecule has 0 saturated heterocycles. The number of aliphatic imine (C=N–C) groups is 1. The van der Waals surface area contributed by atoms with Crippen LogP contribution in [0, 0.1) is 0 Å². The van der Waals surface area contributed by atoms with E-state index in [-0.39, 0.29) is 0 Å². The lowest BCUT2D eigenvalue weighted by Crippen LogP contribution is -1.97. The molecule has 0 aliphatic carbocycles. The largest absolute Gasteiger partial charge is 0.473 e. The first-order chi connectivity index (χ1) is 7.36. The molecule has 82 valence electrons. The van der Waals surface area contributed by atoms with E-state index < -0.39 is 0 Å². The van der Waals surface area contributed by atoms with Gasteiger partial charge in [-0.05, 0) is 19.1 Å². The molecule has 0 aliphatic heterocycles. The molecule has 0 heterocycles. The number of rotatable bonds is 4. The molecule has 2 nitrogen and oxygen atoms in total. The summed E-state index contributed by atoms with van der Waals surface area (Å²) in [5, 5.41) is 0.732. The van der Waals surface area contributed by atoms with Crippen molar-refractivity contribution in [1.29, 1.82) is 0 Å². The van der Waals surface area contributed by atoms with Crippen LogP contribution in [-0.2, 0) is 4.74 Å². The highest BCUT2D eigenvalue weighted by Gasteiger charge is 2.00. The van der Waals surface area contributed by atoms with Gasteiger partial charge in [-0.25, -0.2) is 4.99 Å². The maximum absolute atomic E-state index is 5.44. The van der Waals surface area contributed by atoms with Crippen LogP contribution in [0.5, 0.6) is 0 Å². The number of para-hydroxylation sites is 1. The minimum Gasteiger partial charge on any atom is -0.473 e. The van der Waals surface area contributed by atoms with Crippen LogP contribution in [0.4, 0.5) is 5.69 Å². The van der Waals surface area contributed by atoms with Crippen LogP contribution in [0.1, 0.15) is 13.8 Å². The van der Waals surface area contributed by atoms with Gasteiger partial charge in [0.25, 0.3) is 5.23 Å². The van der Waals surface area contributed by atoms with E-state index in [9.17, 15) is 0 Å². The van der Waals surface area contributed by atoms with Gasteiger partial charge < -0.3 is 4.74 Å². The molecular weight excluding hydrogens is 226 g/mol. The Kier molecular flexibility index (Phi) is 6.36. The van der Waals surface area contributed by atoms with E-state index in [1.54, 1.807) is 21.6 Å². The molecule has 0 fully saturated rings. The molecule has 0 aliphatic rings. The van der Waals surface area contributed by atoms with Gasteiger partial charge in [0.2, 0.25) is 0 Å². The van der Waals surface area contributed by atoms with Gasteiger partial charge in [0.15, 0.2) is 0 Å². The predicted octanol–water partition coefficient (Wildman–Crippen LogP) is 4.11. The number of nitrogens with zero attached hydrogens (tertiary/aromatic N) is 1. The van der Waals surface area contributed by atoms with Crippen molar-refractivity contribution in [1.82, 2.24) is 0 Å². The zero-order chi connectivity index (χ0) is 10.9. The Morgan fingerprint density at radius 2 is 2.00 bits per heavy atom. The lowest BCUT2D eigenvalue weighted by Gasteiger charge is -2.04. The summed E-state index contributed by atoms with van der Waals surface area (Å²) < 4.78 is 5.44. The SMILES string of the molecule is CCO/C(=N\c1ccccc1)SSCC. The molecule has 0 saturated carbocycles. The van der Waals surface area contributed by atoms with Crippen molar-refractivity contribution >= 4 is 32.5 Å². The summed E-state index contributed by atoms with van der Waals surface area (Å²) in [5.74, 6) is 1.05. The fourth-order valence-corrected chi connectivity index (χ4v) is 2.36. The summed E-state index contributed by atoms with van der Waals surface area (Å²) in [6.07, 6.45) is 0. The summed E-state index contributed by atoms with van der Waals surface area (Å²) in [7, 11) is 3.32. The van der Waals surface area contributed by atoms with E-state index in [1.807, 2.05) is 37.3 Å². The monoisotopic (exact) mass is 241 g/mol. The molecular formula is C11H15NOS2. The molecule has 1 aromatic carbocycles. The van der Waals surface area contributed by atoms with Crippen LogP contribution in [0.3, 0.4) is 0 Å². The number of ether oxygens (including phenoxy) is 1. The quantitative estimate of drug-likeness (QED) is 0.450. The van der Waals surface area contributed by atoms with Crippen LogP contribution >= 0.6 is 21.6 Å². The predicted molar refractivity (Wildman–Crippen MR) is 70.9 cm³/mol. The first-order valence-corrected chi connectivity index (χ1v) is 7.24. The molecule has 15 heavy (non-hydrogen) atoms. The van der Waals surface area contributed by atoms with Crippen molar-refractivity contribution in [2.75, 3.05) is 12.4 Å². The van der Waals surface area contributed by atoms with Gasteiger partial charge in [0.05, 0.1) is 12.3 Å². The summed E-state index contributed by atoms with van der Waals surface area (Å²) in [6, 6.07) is 9.86. The van der Waals surface area contributed by atoms with Crippen molar-refractivity contribution in [2.45, 2.75) is 13.8 Å². The van der Waals surface area contributed by atoms with E-state index in [4.69, 9.17) is 4.74 Å². The van der Waals surface area contributed by atoms with Gasteiger partial charge in [0.1, 0.15) is 0 Å². The van der Waals surface area contributed by atoms with Crippen molar-refractivity contribution in [3.63, 3.8) is 0 Å². The molecule has 0 atom stereocenters. The summed E-state index contributed by atoms with van der Waals surface area (Å²) in [4.78, 5) is 4.42. The zero-order valence-electron chi connectivity index (χ0n) is 8.97. The molecule has 0 N–H and O–H groups in total. The average molecular weight is 241 g/mol. The minimum atomic E-state index is 0.656. The van der Waals surface area contributed by atoms with Crippen LogP contribution in [0.15, 0.2) is 35.3 Å². The van der Waals surface area contributed by atoms with E-state index in [2.05, 4.69) is 11.9 Å². The normalized spacial score (nSPS) is 11.5. The Bertz CT molecular complexity index is 301. The lowest BCUT2D eigenvalue weighted by atomic mass is 10.3. The highest BCUT2D eigenvalue weighted by molar-refractivity contribution is 8.82. The second kappa shape index (κ2) is 7.65. The van der Waals surface area contributed by atoms with Crippen LogP contribution in [-0.4, -0.2) is 17.6 Å². The van der Waals surface area contributed by atoms with Crippen molar-refractivity contribution in [3.05, 3.63) is 30.3 Å². The summed E-state index contributed by atoms with van der Waals surface area (Å²) in [6.45, 7) is 4.74. The number of hydrogen-bond donors (Lipinski definition) is 0. The molecule has 0 aromatic heterocycles. The standard InChI is InChI=1S/C11H15NOS2/c1-3-13-11(15-14-4-2)12-10-8-6-5-7-9-10/h5-9H,3-4H2,1-2H3/b12-11+. The molecule has 0 unspecified atom stereocenters. The first-order valence-electron chi connectivity index (χ1n) is 4.92. The highest BCUT2D eigenvalue weighted by atomic mass is 33.1. The molecule has 0 spiro atoms. The highest BCUT2D eigenvalue weighted by Crippen LogP contribution is 2.25. The molecule has 0 bridgehead atoms. The maximum atomic E-state index is 5.44. The molecule has 0 amide bonds. The Hall–Kier alpha value is -0.610. The second-order valence-corrected chi connectivity index (χ2v) is 5.17. The van der Waals surface area contributed by atoms with E-state index in [0.717, 1.165) is 16.7 Å². The number of hydrogen-bond acceptors (Lipinski definition) is 4. The smallest absolute Gasteiger partial charge is 0.261 e. The zero-order valence-corrected chi connectivity index (χ0v) is 10.6. The third kappa shape index (κ3) is 5.14. The second-order valence-electron chi connectivity index (χ2n) is 2.64. The van der Waals surface area contributed by atoms with E-state index in [1.165, 1.54) is 0 Å². The Labute approximate surface area is 98.9 Å². The van der Waals surface area contributed by atoms with Gasteiger partial charge in [-0.2, -0.15) is 0 Å². The number of benzene rings is 1. The lowest BCUT2D eigenvalue weighted by molar-refractivity contribution is 0.338. The summed E-state index contributed by atoms with van der Waals surface area (Å²) in [5.41, 5.74) is 0.935. The van der Waals surface area contributed by atoms with Crippen LogP contribution in [0.25, 0.3) is 0 Å². The Balaban J connectivity index is 2.65. The topological polar surface area (TPSA) is 21.6 Å². The van der Waals surface area contributed by atoms with E-state index >= 15 is 0 Å². The van der Waals surface area contributed by atoms with Gasteiger partial charge in [-0.1, -0.05) is 35.9 Å². The molecule has 1 rings (SSSR count). The van der Waals surface area contributed by atoms with Gasteiger partial charge in [0, 0.05) is 16.5 Å². The fraction of sp³-hybridized carbons (Fsp3) is 0.364. The van der Waals surface area contributed by atoms with Crippen LogP contribution in [0.2, 0.25) is 0 Å². The average Bonchev–Trinajstić information content (AvgIpc) is 2.28. The molecule has 0 radical (unpaired) electrons. The van der Waals surface area contributed by atoms with Gasteiger partial charge >= 0.3 is 0 Å².